The third kappa shape index (κ3) is 4.23. The van der Waals surface area contributed by atoms with Crippen LogP contribution in [0.3, 0.4) is 0 Å². The van der Waals surface area contributed by atoms with Crippen LogP contribution in [-0.2, 0) is 6.54 Å². The van der Waals surface area contributed by atoms with E-state index < -0.39 is 0 Å². The van der Waals surface area contributed by atoms with Crippen LogP contribution in [0.1, 0.15) is 48.0 Å². The molecule has 0 radical (unpaired) electrons. The van der Waals surface area contributed by atoms with Crippen LogP contribution in [0.4, 0.5) is 5.82 Å². The molecule has 0 aliphatic heterocycles. The van der Waals surface area contributed by atoms with Gasteiger partial charge in [-0.1, -0.05) is 48.5 Å². The lowest BCUT2D eigenvalue weighted by Gasteiger charge is -2.22. The number of fused-ring (bicyclic) bond motifs is 1. The largest absolute Gasteiger partial charge is 0.366 e. The summed E-state index contributed by atoms with van der Waals surface area (Å²) in [4.78, 5) is 17.3. The number of halogens is 2. The molecule has 1 aliphatic rings. The van der Waals surface area contributed by atoms with Crippen LogP contribution < -0.4 is 10.6 Å². The third-order valence-corrected chi connectivity index (χ3v) is 5.75. The van der Waals surface area contributed by atoms with Crippen LogP contribution in [0, 0.1) is 0 Å². The average Bonchev–Trinajstić information content (AvgIpc) is 3.13. The van der Waals surface area contributed by atoms with E-state index >= 15 is 0 Å². The van der Waals surface area contributed by atoms with Gasteiger partial charge in [0, 0.05) is 18.8 Å². The van der Waals surface area contributed by atoms with E-state index in [0.29, 0.717) is 33.6 Å². The fourth-order valence-corrected chi connectivity index (χ4v) is 3.80. The van der Waals surface area contributed by atoms with Gasteiger partial charge in [0.15, 0.2) is 5.65 Å². The van der Waals surface area contributed by atoms with Crippen molar-refractivity contribution in [3.05, 3.63) is 57.8 Å². The molecule has 6 nitrogen and oxygen atoms in total. The number of hydrogen-bond acceptors (Lipinski definition) is 4. The highest BCUT2D eigenvalue weighted by Gasteiger charge is 2.20. The topological polar surface area (TPSA) is 71.3 Å². The summed E-state index contributed by atoms with van der Waals surface area (Å²) in [5.74, 6) is 0.543. The maximum absolute atomic E-state index is 12.7. The molecule has 0 saturated heterocycles. The molecule has 1 aliphatic carbocycles. The minimum Gasteiger partial charge on any atom is -0.366 e. The number of nitrogens with zero attached hydrogens (tertiary/aromatic N) is 3. The lowest BCUT2D eigenvalue weighted by Crippen LogP contribution is -2.36. The van der Waals surface area contributed by atoms with Gasteiger partial charge >= 0.3 is 0 Å². The third-order valence-electron chi connectivity index (χ3n) is 5.01. The number of hydrogen-bond donors (Lipinski definition) is 2. The van der Waals surface area contributed by atoms with Crippen LogP contribution in [0.15, 0.2) is 36.7 Å². The van der Waals surface area contributed by atoms with E-state index in [1.807, 2.05) is 18.2 Å². The molecule has 3 aromatic rings. The highest BCUT2D eigenvalue weighted by molar-refractivity contribution is 6.42. The number of carbonyl (C=O) groups excluding carboxylic acids is 1. The summed E-state index contributed by atoms with van der Waals surface area (Å²) in [5, 5.41) is 11.7. The van der Waals surface area contributed by atoms with Crippen molar-refractivity contribution >= 4 is 40.6 Å². The molecule has 0 bridgehead atoms. The second kappa shape index (κ2) is 8.37. The minimum absolute atomic E-state index is 0.115. The number of aromatic nitrogens is 3. The summed E-state index contributed by atoms with van der Waals surface area (Å²) in [6, 6.07) is 7.55. The van der Waals surface area contributed by atoms with E-state index in [9.17, 15) is 4.79 Å². The molecule has 28 heavy (non-hydrogen) atoms. The molecule has 1 aromatic carbocycles. The Morgan fingerprint density at radius 2 is 1.96 bits per heavy atom. The van der Waals surface area contributed by atoms with Crippen molar-refractivity contribution < 1.29 is 4.79 Å². The van der Waals surface area contributed by atoms with Crippen molar-refractivity contribution in [3.8, 4) is 0 Å². The Hall–Kier alpha value is -2.31. The second-order valence-electron chi connectivity index (χ2n) is 7.05. The van der Waals surface area contributed by atoms with Crippen LogP contribution in [0.2, 0.25) is 10.0 Å². The maximum Gasteiger partial charge on any atom is 0.256 e. The summed E-state index contributed by atoms with van der Waals surface area (Å²) < 4.78 is 1.61. The Balaban J connectivity index is 1.49. The van der Waals surface area contributed by atoms with E-state index in [0.717, 1.165) is 18.4 Å². The molecule has 2 N–H and O–H groups in total. The van der Waals surface area contributed by atoms with Crippen molar-refractivity contribution in [1.82, 2.24) is 19.9 Å². The predicted molar refractivity (Wildman–Crippen MR) is 111 cm³/mol. The Morgan fingerprint density at radius 1 is 1.14 bits per heavy atom. The van der Waals surface area contributed by atoms with E-state index in [2.05, 4.69) is 20.7 Å². The smallest absolute Gasteiger partial charge is 0.256 e. The maximum atomic E-state index is 12.7. The first-order valence-corrected chi connectivity index (χ1v) is 10.2. The number of nitrogens with one attached hydrogen (secondary N) is 2. The Kier molecular flexibility index (Phi) is 5.69. The first kappa shape index (κ1) is 19.0. The van der Waals surface area contributed by atoms with Crippen LogP contribution in [0.5, 0.6) is 0 Å². The molecule has 1 amide bonds. The Labute approximate surface area is 173 Å². The number of amides is 1. The monoisotopic (exact) mass is 417 g/mol. The number of carbonyl (C=O) groups is 1. The zero-order valence-corrected chi connectivity index (χ0v) is 16.8. The molecular formula is C20H21Cl2N5O. The minimum atomic E-state index is -0.115. The zero-order chi connectivity index (χ0) is 19.5. The quantitative estimate of drug-likeness (QED) is 0.630. The molecule has 2 heterocycles. The molecule has 1 fully saturated rings. The summed E-state index contributed by atoms with van der Waals surface area (Å²) in [7, 11) is 0. The fraction of sp³-hybridized carbons (Fsp3) is 0.350. The van der Waals surface area contributed by atoms with Gasteiger partial charge in [0.25, 0.3) is 5.91 Å². The van der Waals surface area contributed by atoms with Crippen molar-refractivity contribution in [3.63, 3.8) is 0 Å². The molecular weight excluding hydrogens is 397 g/mol. The average molecular weight is 418 g/mol. The first-order chi connectivity index (χ1) is 13.6. The summed E-state index contributed by atoms with van der Waals surface area (Å²) in [6.07, 6.45) is 9.02. The standard InChI is InChI=1S/C20H21Cl2N5O/c21-16-7-6-13(10-17(16)22)11-23-18-8-9-27-19(26-18)15(12-24-27)20(28)25-14-4-2-1-3-5-14/h6-10,12,14H,1-5,11H2,(H,23,26)(H,25,28). The van der Waals surface area contributed by atoms with Crippen molar-refractivity contribution in [2.24, 2.45) is 0 Å². The van der Waals surface area contributed by atoms with Crippen molar-refractivity contribution in [2.45, 2.75) is 44.7 Å². The van der Waals surface area contributed by atoms with E-state index in [1.54, 1.807) is 23.0 Å². The summed E-state index contributed by atoms with van der Waals surface area (Å²) in [6.45, 7) is 0.539. The molecule has 4 rings (SSSR count). The van der Waals surface area contributed by atoms with E-state index in [1.165, 1.54) is 19.3 Å². The highest BCUT2D eigenvalue weighted by Crippen LogP contribution is 2.23. The lowest BCUT2D eigenvalue weighted by molar-refractivity contribution is 0.0929. The molecule has 146 valence electrons. The van der Waals surface area contributed by atoms with Gasteiger partial charge < -0.3 is 10.6 Å². The predicted octanol–water partition coefficient (Wildman–Crippen LogP) is 4.71. The number of rotatable bonds is 5. The zero-order valence-electron chi connectivity index (χ0n) is 15.3. The first-order valence-electron chi connectivity index (χ1n) is 9.43. The van der Waals surface area contributed by atoms with Gasteiger partial charge in [0.05, 0.1) is 16.2 Å². The molecule has 0 spiro atoms. The molecule has 1 saturated carbocycles. The highest BCUT2D eigenvalue weighted by atomic mass is 35.5. The lowest BCUT2D eigenvalue weighted by atomic mass is 9.95. The van der Waals surface area contributed by atoms with Gasteiger partial charge in [0.1, 0.15) is 11.4 Å². The Morgan fingerprint density at radius 3 is 2.75 bits per heavy atom. The number of benzene rings is 1. The van der Waals surface area contributed by atoms with Gasteiger partial charge in [-0.15, -0.1) is 0 Å². The van der Waals surface area contributed by atoms with Crippen LogP contribution in [0.25, 0.3) is 5.65 Å². The number of anilines is 1. The van der Waals surface area contributed by atoms with Crippen molar-refractivity contribution in [1.29, 1.82) is 0 Å². The van der Waals surface area contributed by atoms with Crippen LogP contribution >= 0.6 is 23.2 Å². The van der Waals surface area contributed by atoms with E-state index in [-0.39, 0.29) is 11.9 Å². The summed E-state index contributed by atoms with van der Waals surface area (Å²) >= 11 is 12.0. The van der Waals surface area contributed by atoms with Gasteiger partial charge in [-0.05, 0) is 36.6 Å². The molecule has 2 aromatic heterocycles. The normalized spacial score (nSPS) is 14.9. The second-order valence-corrected chi connectivity index (χ2v) is 7.86. The molecule has 0 unspecified atom stereocenters. The van der Waals surface area contributed by atoms with Crippen molar-refractivity contribution in [2.75, 3.05) is 5.32 Å². The fourth-order valence-electron chi connectivity index (χ4n) is 3.48. The van der Waals surface area contributed by atoms with Crippen LogP contribution in [-0.4, -0.2) is 26.5 Å². The Bertz CT molecular complexity index is 997. The van der Waals surface area contributed by atoms with E-state index in [4.69, 9.17) is 23.2 Å². The van der Waals surface area contributed by atoms with Gasteiger partial charge in [-0.25, -0.2) is 9.50 Å². The molecule has 8 heteroatoms. The molecule has 0 atom stereocenters. The van der Waals surface area contributed by atoms with Gasteiger partial charge in [0.2, 0.25) is 0 Å². The van der Waals surface area contributed by atoms with Gasteiger partial charge in [-0.3, -0.25) is 4.79 Å². The summed E-state index contributed by atoms with van der Waals surface area (Å²) in [5.41, 5.74) is 2.01. The van der Waals surface area contributed by atoms with Gasteiger partial charge in [-0.2, -0.15) is 5.10 Å². The SMILES string of the molecule is O=C(NC1CCCCC1)c1cnn2ccc(NCc3ccc(Cl)c(Cl)c3)nc12.